The Kier molecular flexibility index (Phi) is 7.27. The summed E-state index contributed by atoms with van der Waals surface area (Å²) < 4.78 is 5.85. The number of hydrogen-bond donors (Lipinski definition) is 2. The zero-order valence-electron chi connectivity index (χ0n) is 17.1. The summed E-state index contributed by atoms with van der Waals surface area (Å²) in [4.78, 5) is 23.6. The fourth-order valence-corrected chi connectivity index (χ4v) is 3.06. The van der Waals surface area contributed by atoms with E-state index in [0.717, 1.165) is 11.1 Å². The first kappa shape index (κ1) is 22.6. The van der Waals surface area contributed by atoms with Gasteiger partial charge in [0.15, 0.2) is 0 Å². The van der Waals surface area contributed by atoms with Gasteiger partial charge >= 0.3 is 5.97 Å². The summed E-state index contributed by atoms with van der Waals surface area (Å²) in [7, 11) is 0. The van der Waals surface area contributed by atoms with Gasteiger partial charge in [-0.25, -0.2) is 4.79 Å². The minimum absolute atomic E-state index is 0.105. The largest absolute Gasteiger partial charge is 0.488 e. The average molecular weight is 447 g/mol. The number of aromatic carboxylic acids is 1. The summed E-state index contributed by atoms with van der Waals surface area (Å²) in [6, 6.07) is 20.4. The lowest BCUT2D eigenvalue weighted by molar-refractivity contribution is -0.112. The molecule has 32 heavy (non-hydrogen) atoms. The second-order valence-corrected chi connectivity index (χ2v) is 7.35. The number of nitrogens with one attached hydrogen (secondary N) is 1. The van der Waals surface area contributed by atoms with Crippen LogP contribution in [0.3, 0.4) is 0 Å². The number of ether oxygens (including phenoxy) is 1. The fraction of sp³-hybridized carbons (Fsp3) is 0.0800. The molecule has 0 saturated heterocycles. The summed E-state index contributed by atoms with van der Waals surface area (Å²) in [5.74, 6) is -1.12. The Labute approximate surface area is 190 Å². The highest BCUT2D eigenvalue weighted by Crippen LogP contribution is 2.27. The molecule has 0 bridgehead atoms. The molecule has 0 saturated carbocycles. The van der Waals surface area contributed by atoms with Gasteiger partial charge in [0.05, 0.1) is 5.56 Å². The number of amides is 1. The van der Waals surface area contributed by atoms with Crippen LogP contribution in [0.1, 0.15) is 27.0 Å². The van der Waals surface area contributed by atoms with E-state index in [1.165, 1.54) is 18.2 Å². The van der Waals surface area contributed by atoms with E-state index in [-0.39, 0.29) is 17.7 Å². The van der Waals surface area contributed by atoms with Crippen molar-refractivity contribution >= 4 is 35.2 Å². The highest BCUT2D eigenvalue weighted by molar-refractivity contribution is 6.30. The predicted molar refractivity (Wildman–Crippen MR) is 123 cm³/mol. The smallest absolute Gasteiger partial charge is 0.335 e. The lowest BCUT2D eigenvalue weighted by Crippen LogP contribution is -2.14. The van der Waals surface area contributed by atoms with Gasteiger partial charge in [-0.1, -0.05) is 41.9 Å². The van der Waals surface area contributed by atoms with Gasteiger partial charge in [-0.3, -0.25) is 4.79 Å². The number of aryl methyl sites for hydroxylation is 1. The lowest BCUT2D eigenvalue weighted by Gasteiger charge is -2.11. The van der Waals surface area contributed by atoms with Crippen LogP contribution in [0.4, 0.5) is 5.69 Å². The molecule has 0 unspecified atom stereocenters. The van der Waals surface area contributed by atoms with Crippen LogP contribution in [0, 0.1) is 18.3 Å². The van der Waals surface area contributed by atoms with E-state index in [4.69, 9.17) is 21.4 Å². The molecule has 2 N–H and O–H groups in total. The van der Waals surface area contributed by atoms with Gasteiger partial charge in [0, 0.05) is 16.3 Å². The number of carboxylic acid groups (broad SMARTS) is 1. The maximum Gasteiger partial charge on any atom is 0.335 e. The van der Waals surface area contributed by atoms with E-state index in [1.54, 1.807) is 42.5 Å². The molecule has 0 heterocycles. The molecule has 0 spiro atoms. The molecule has 0 aliphatic heterocycles. The molecule has 0 fully saturated rings. The van der Waals surface area contributed by atoms with Crippen molar-refractivity contribution in [1.29, 1.82) is 5.26 Å². The molecule has 0 aromatic heterocycles. The van der Waals surface area contributed by atoms with Gasteiger partial charge < -0.3 is 15.2 Å². The van der Waals surface area contributed by atoms with Crippen LogP contribution in [0.2, 0.25) is 5.02 Å². The van der Waals surface area contributed by atoms with Crippen molar-refractivity contribution in [3.8, 4) is 11.8 Å². The van der Waals surface area contributed by atoms with E-state index in [1.807, 2.05) is 25.1 Å². The fourth-order valence-electron chi connectivity index (χ4n) is 2.88. The Morgan fingerprint density at radius 2 is 1.84 bits per heavy atom. The molecular formula is C25H19ClN2O4. The molecular weight excluding hydrogens is 428 g/mol. The van der Waals surface area contributed by atoms with Gasteiger partial charge in [0.1, 0.15) is 24.0 Å². The van der Waals surface area contributed by atoms with Gasteiger partial charge in [-0.15, -0.1) is 0 Å². The molecule has 0 atom stereocenters. The number of halogens is 1. The number of carbonyl (C=O) groups is 2. The van der Waals surface area contributed by atoms with E-state index in [0.29, 0.717) is 22.0 Å². The van der Waals surface area contributed by atoms with Crippen molar-refractivity contribution in [2.45, 2.75) is 13.5 Å². The number of para-hydroxylation sites is 1. The van der Waals surface area contributed by atoms with Crippen LogP contribution in [0.15, 0.2) is 72.3 Å². The molecule has 0 aliphatic carbocycles. The summed E-state index contributed by atoms with van der Waals surface area (Å²) in [6.45, 7) is 2.02. The number of benzene rings is 3. The normalized spacial score (nSPS) is 10.8. The van der Waals surface area contributed by atoms with Gasteiger partial charge in [-0.2, -0.15) is 5.26 Å². The maximum atomic E-state index is 12.6. The van der Waals surface area contributed by atoms with Crippen LogP contribution >= 0.6 is 11.6 Å². The number of hydrogen-bond acceptors (Lipinski definition) is 4. The zero-order chi connectivity index (χ0) is 23.1. The van der Waals surface area contributed by atoms with Crippen LogP contribution in [0.5, 0.6) is 5.75 Å². The Hall–Kier alpha value is -4.08. The topological polar surface area (TPSA) is 99.4 Å². The molecule has 3 aromatic rings. The van der Waals surface area contributed by atoms with Gasteiger partial charge in [-0.05, 0) is 60.5 Å². The molecule has 7 heteroatoms. The number of nitrogens with zero attached hydrogens (tertiary/aromatic N) is 1. The average Bonchev–Trinajstić information content (AvgIpc) is 2.78. The lowest BCUT2D eigenvalue weighted by atomic mass is 10.1. The number of anilines is 1. The highest BCUT2D eigenvalue weighted by atomic mass is 35.5. The highest BCUT2D eigenvalue weighted by Gasteiger charge is 2.13. The second kappa shape index (κ2) is 10.3. The predicted octanol–water partition coefficient (Wildman–Crippen LogP) is 5.47. The number of rotatable bonds is 7. The Bertz CT molecular complexity index is 1230. The number of carbonyl (C=O) groups excluding carboxylic acids is 1. The summed E-state index contributed by atoms with van der Waals surface area (Å²) in [5.41, 5.74) is 2.80. The Morgan fingerprint density at radius 1 is 1.12 bits per heavy atom. The van der Waals surface area contributed by atoms with Crippen molar-refractivity contribution in [1.82, 2.24) is 0 Å². The quantitative estimate of drug-likeness (QED) is 0.370. The van der Waals surface area contributed by atoms with Crippen molar-refractivity contribution in [2.24, 2.45) is 0 Å². The third kappa shape index (κ3) is 5.75. The molecule has 6 nitrogen and oxygen atoms in total. The van der Waals surface area contributed by atoms with Crippen molar-refractivity contribution in [3.05, 3.63) is 99.6 Å². The first-order valence-electron chi connectivity index (χ1n) is 9.60. The summed E-state index contributed by atoms with van der Waals surface area (Å²) in [6.07, 6.45) is 1.42. The van der Waals surface area contributed by atoms with E-state index >= 15 is 0 Å². The SMILES string of the molecule is Cc1ccccc1NC(=O)/C(C#N)=C/c1cc(Cl)ccc1OCc1ccc(C(=O)O)cc1. The molecule has 1 amide bonds. The van der Waals surface area contributed by atoms with E-state index in [9.17, 15) is 14.9 Å². The summed E-state index contributed by atoms with van der Waals surface area (Å²) in [5, 5.41) is 21.7. The van der Waals surface area contributed by atoms with Crippen LogP contribution < -0.4 is 10.1 Å². The van der Waals surface area contributed by atoms with Gasteiger partial charge in [0.25, 0.3) is 5.91 Å². The van der Waals surface area contributed by atoms with Crippen molar-refractivity contribution in [2.75, 3.05) is 5.32 Å². The van der Waals surface area contributed by atoms with E-state index < -0.39 is 11.9 Å². The maximum absolute atomic E-state index is 12.6. The molecule has 0 aliphatic rings. The third-order valence-electron chi connectivity index (χ3n) is 4.63. The standard InChI is InChI=1S/C25H19ClN2O4/c1-16-4-2-3-5-22(16)28-24(29)20(14-27)12-19-13-21(26)10-11-23(19)32-15-17-6-8-18(9-7-17)25(30)31/h2-13H,15H2,1H3,(H,28,29)(H,30,31)/b20-12+. The molecule has 3 aromatic carbocycles. The number of carboxylic acids is 1. The monoisotopic (exact) mass is 446 g/mol. The third-order valence-corrected chi connectivity index (χ3v) is 4.86. The van der Waals surface area contributed by atoms with Crippen molar-refractivity contribution in [3.63, 3.8) is 0 Å². The van der Waals surface area contributed by atoms with Gasteiger partial charge in [0.2, 0.25) is 0 Å². The zero-order valence-corrected chi connectivity index (χ0v) is 17.9. The van der Waals surface area contributed by atoms with Crippen molar-refractivity contribution < 1.29 is 19.4 Å². The Morgan fingerprint density at radius 3 is 2.50 bits per heavy atom. The van der Waals surface area contributed by atoms with E-state index in [2.05, 4.69) is 5.32 Å². The molecule has 3 rings (SSSR count). The first-order valence-corrected chi connectivity index (χ1v) is 9.98. The van der Waals surface area contributed by atoms with Crippen LogP contribution in [0.25, 0.3) is 6.08 Å². The Balaban J connectivity index is 1.81. The number of nitriles is 1. The second-order valence-electron chi connectivity index (χ2n) is 6.91. The molecule has 160 valence electrons. The van der Waals surface area contributed by atoms with Crippen LogP contribution in [-0.2, 0) is 11.4 Å². The summed E-state index contributed by atoms with van der Waals surface area (Å²) >= 11 is 6.11. The first-order chi connectivity index (χ1) is 15.4. The molecule has 0 radical (unpaired) electrons. The minimum Gasteiger partial charge on any atom is -0.488 e. The van der Waals surface area contributed by atoms with Crippen LogP contribution in [-0.4, -0.2) is 17.0 Å². The minimum atomic E-state index is -1.00.